The molecule has 0 spiro atoms. The number of morpholine rings is 1. The molecule has 1 saturated carbocycles. The summed E-state index contributed by atoms with van der Waals surface area (Å²) in [5.41, 5.74) is 5.51. The number of hydrogen-bond donors (Lipinski definition) is 2. The van der Waals surface area contributed by atoms with E-state index in [2.05, 4.69) is 17.1 Å². The molecule has 1 aliphatic carbocycles. The van der Waals surface area contributed by atoms with Gasteiger partial charge in [-0.3, -0.25) is 9.69 Å². The summed E-state index contributed by atoms with van der Waals surface area (Å²) in [4.78, 5) is 14.8. The van der Waals surface area contributed by atoms with Gasteiger partial charge in [-0.05, 0) is 38.1 Å². The molecule has 5 heteroatoms. The van der Waals surface area contributed by atoms with E-state index in [1.54, 1.807) is 0 Å². The van der Waals surface area contributed by atoms with E-state index in [1.165, 1.54) is 19.4 Å². The normalized spacial score (nSPS) is 41.0. The van der Waals surface area contributed by atoms with Gasteiger partial charge in [0, 0.05) is 25.7 Å². The fourth-order valence-electron chi connectivity index (χ4n) is 4.12. The first-order valence-corrected chi connectivity index (χ1v) is 7.97. The van der Waals surface area contributed by atoms with Crippen LogP contribution in [0.25, 0.3) is 0 Å². The molecule has 3 N–H and O–H groups in total. The van der Waals surface area contributed by atoms with E-state index in [-0.39, 0.29) is 17.4 Å². The van der Waals surface area contributed by atoms with E-state index < -0.39 is 0 Å². The Morgan fingerprint density at radius 3 is 3.00 bits per heavy atom. The average Bonchev–Trinajstić information content (AvgIpc) is 2.88. The zero-order valence-corrected chi connectivity index (χ0v) is 12.4. The third kappa shape index (κ3) is 2.59. The number of carbonyl (C=O) groups excluding carboxylic acids is 1. The average molecular weight is 281 g/mol. The number of carbonyl (C=O) groups is 1. The second-order valence-electron chi connectivity index (χ2n) is 6.95. The Morgan fingerprint density at radius 2 is 2.30 bits per heavy atom. The van der Waals surface area contributed by atoms with E-state index in [0.717, 1.165) is 26.0 Å². The lowest BCUT2D eigenvalue weighted by atomic mass is 9.62. The van der Waals surface area contributed by atoms with Gasteiger partial charge in [-0.25, -0.2) is 0 Å². The molecular weight excluding hydrogens is 254 g/mol. The standard InChI is InChI=1S/C15H27N3O2/c1-11-5-15(6-11,10-16)14(19)17-7-13-8-18-4-2-3-12(18)9-20-13/h11-13H,2-10,16H2,1H3,(H,17,19). The molecule has 0 aromatic rings. The topological polar surface area (TPSA) is 67.6 Å². The van der Waals surface area contributed by atoms with Gasteiger partial charge in [-0.2, -0.15) is 0 Å². The van der Waals surface area contributed by atoms with Crippen molar-refractivity contribution < 1.29 is 9.53 Å². The van der Waals surface area contributed by atoms with E-state index in [1.807, 2.05) is 0 Å². The van der Waals surface area contributed by atoms with Crippen molar-refractivity contribution in [2.24, 2.45) is 17.1 Å². The van der Waals surface area contributed by atoms with Crippen LogP contribution >= 0.6 is 0 Å². The van der Waals surface area contributed by atoms with Crippen LogP contribution in [0.4, 0.5) is 0 Å². The largest absolute Gasteiger partial charge is 0.373 e. The molecule has 0 aromatic heterocycles. The first kappa shape index (κ1) is 14.3. The van der Waals surface area contributed by atoms with Crippen molar-refractivity contribution in [3.8, 4) is 0 Å². The molecule has 20 heavy (non-hydrogen) atoms. The van der Waals surface area contributed by atoms with Gasteiger partial charge in [0.15, 0.2) is 0 Å². The van der Waals surface area contributed by atoms with Crippen LogP contribution in [0.5, 0.6) is 0 Å². The SMILES string of the molecule is CC1CC(CN)(C(=O)NCC2CN3CCCC3CO2)C1. The summed E-state index contributed by atoms with van der Waals surface area (Å²) in [7, 11) is 0. The number of amides is 1. The van der Waals surface area contributed by atoms with Crippen molar-refractivity contribution in [3.05, 3.63) is 0 Å². The molecule has 114 valence electrons. The van der Waals surface area contributed by atoms with Gasteiger partial charge in [0.2, 0.25) is 5.91 Å². The molecule has 2 heterocycles. The van der Waals surface area contributed by atoms with Crippen LogP contribution in [-0.4, -0.2) is 55.7 Å². The number of hydrogen-bond acceptors (Lipinski definition) is 4. The molecule has 2 aliphatic heterocycles. The van der Waals surface area contributed by atoms with Gasteiger partial charge >= 0.3 is 0 Å². The van der Waals surface area contributed by atoms with Gasteiger partial charge in [-0.15, -0.1) is 0 Å². The summed E-state index contributed by atoms with van der Waals surface area (Å²) in [6.07, 6.45) is 4.53. The minimum Gasteiger partial charge on any atom is -0.373 e. The lowest BCUT2D eigenvalue weighted by Crippen LogP contribution is -2.56. The molecule has 0 aromatic carbocycles. The molecule has 1 amide bonds. The van der Waals surface area contributed by atoms with Gasteiger partial charge in [0.25, 0.3) is 0 Å². The Hall–Kier alpha value is -0.650. The number of rotatable bonds is 4. The molecule has 3 aliphatic rings. The lowest BCUT2D eigenvalue weighted by Gasteiger charge is -2.44. The Labute approximate surface area is 121 Å². The zero-order valence-electron chi connectivity index (χ0n) is 12.4. The van der Waals surface area contributed by atoms with Crippen molar-refractivity contribution in [2.75, 3.05) is 32.8 Å². The predicted molar refractivity (Wildman–Crippen MR) is 77.2 cm³/mol. The minimum absolute atomic E-state index is 0.130. The van der Waals surface area contributed by atoms with E-state index in [9.17, 15) is 4.79 Å². The molecule has 0 radical (unpaired) electrons. The molecular formula is C15H27N3O2. The van der Waals surface area contributed by atoms with Gasteiger partial charge in [0.1, 0.15) is 0 Å². The highest BCUT2D eigenvalue weighted by atomic mass is 16.5. The van der Waals surface area contributed by atoms with Gasteiger partial charge < -0.3 is 15.8 Å². The van der Waals surface area contributed by atoms with Crippen LogP contribution < -0.4 is 11.1 Å². The van der Waals surface area contributed by atoms with Crippen LogP contribution in [0.1, 0.15) is 32.6 Å². The van der Waals surface area contributed by atoms with E-state index >= 15 is 0 Å². The van der Waals surface area contributed by atoms with Gasteiger partial charge in [-0.1, -0.05) is 6.92 Å². The smallest absolute Gasteiger partial charge is 0.227 e. The van der Waals surface area contributed by atoms with Crippen LogP contribution in [0.3, 0.4) is 0 Å². The quantitative estimate of drug-likeness (QED) is 0.780. The number of fused-ring (bicyclic) bond motifs is 1. The molecule has 0 bridgehead atoms. The van der Waals surface area contributed by atoms with Crippen molar-refractivity contribution >= 4 is 5.91 Å². The first-order valence-electron chi connectivity index (χ1n) is 7.97. The maximum atomic E-state index is 12.3. The van der Waals surface area contributed by atoms with Crippen molar-refractivity contribution in [3.63, 3.8) is 0 Å². The summed E-state index contributed by atoms with van der Waals surface area (Å²) in [5.74, 6) is 0.755. The van der Waals surface area contributed by atoms with Crippen LogP contribution in [0, 0.1) is 11.3 Å². The first-order chi connectivity index (χ1) is 9.63. The number of nitrogens with two attached hydrogens (primary N) is 1. The predicted octanol–water partition coefficient (Wildman–Crippen LogP) is 0.341. The third-order valence-electron chi connectivity index (χ3n) is 5.30. The summed E-state index contributed by atoms with van der Waals surface area (Å²) < 4.78 is 5.87. The lowest BCUT2D eigenvalue weighted by molar-refractivity contribution is -0.139. The number of nitrogens with zero attached hydrogens (tertiary/aromatic N) is 1. The Bertz CT molecular complexity index is 368. The maximum Gasteiger partial charge on any atom is 0.227 e. The molecule has 2 saturated heterocycles. The highest BCUT2D eigenvalue weighted by molar-refractivity contribution is 5.84. The highest BCUT2D eigenvalue weighted by Gasteiger charge is 2.47. The maximum absolute atomic E-state index is 12.3. The molecule has 2 atom stereocenters. The summed E-state index contributed by atoms with van der Waals surface area (Å²) in [5, 5.41) is 3.08. The monoisotopic (exact) mass is 281 g/mol. The van der Waals surface area contributed by atoms with Crippen LogP contribution in [-0.2, 0) is 9.53 Å². The van der Waals surface area contributed by atoms with Crippen LogP contribution in [0.2, 0.25) is 0 Å². The summed E-state index contributed by atoms with van der Waals surface area (Å²) in [6, 6.07) is 0.616. The van der Waals surface area contributed by atoms with E-state index in [0.29, 0.717) is 25.0 Å². The fraction of sp³-hybridized carbons (Fsp3) is 0.933. The second kappa shape index (κ2) is 5.62. The Morgan fingerprint density at radius 1 is 1.50 bits per heavy atom. The Kier molecular flexibility index (Phi) is 4.02. The highest BCUT2D eigenvalue weighted by Crippen LogP contribution is 2.44. The molecule has 5 nitrogen and oxygen atoms in total. The molecule has 3 fully saturated rings. The van der Waals surface area contributed by atoms with Gasteiger partial charge in [0.05, 0.1) is 18.1 Å². The van der Waals surface area contributed by atoms with E-state index in [4.69, 9.17) is 10.5 Å². The van der Waals surface area contributed by atoms with Crippen molar-refractivity contribution in [1.82, 2.24) is 10.2 Å². The molecule has 3 rings (SSSR count). The van der Waals surface area contributed by atoms with Crippen molar-refractivity contribution in [2.45, 2.75) is 44.8 Å². The fourth-order valence-corrected chi connectivity index (χ4v) is 4.12. The molecule has 2 unspecified atom stereocenters. The number of ether oxygens (including phenoxy) is 1. The summed E-state index contributed by atoms with van der Waals surface area (Å²) >= 11 is 0. The number of nitrogens with one attached hydrogen (secondary N) is 1. The minimum atomic E-state index is -0.301. The summed E-state index contributed by atoms with van der Waals surface area (Å²) in [6.45, 7) is 6.22. The van der Waals surface area contributed by atoms with Crippen LogP contribution in [0.15, 0.2) is 0 Å². The Balaban J connectivity index is 1.46. The zero-order chi connectivity index (χ0) is 14.2. The van der Waals surface area contributed by atoms with Crippen molar-refractivity contribution in [1.29, 1.82) is 0 Å². The third-order valence-corrected chi connectivity index (χ3v) is 5.30. The second-order valence-corrected chi connectivity index (χ2v) is 6.95.